The van der Waals surface area contributed by atoms with E-state index in [1.54, 1.807) is 18.4 Å². The van der Waals surface area contributed by atoms with Crippen molar-refractivity contribution in [3.05, 3.63) is 58.6 Å². The topological polar surface area (TPSA) is 51.4 Å². The average Bonchev–Trinajstić information content (AvgIpc) is 3.06. The first-order valence-electron chi connectivity index (χ1n) is 7.48. The van der Waals surface area contributed by atoms with Crippen LogP contribution < -0.4 is 10.5 Å². The Hall–Kier alpha value is -2.11. The summed E-state index contributed by atoms with van der Waals surface area (Å²) in [4.78, 5) is 6.86. The maximum Gasteiger partial charge on any atom is 0.128 e. The van der Waals surface area contributed by atoms with Crippen molar-refractivity contribution < 1.29 is 4.74 Å². The van der Waals surface area contributed by atoms with E-state index in [0.29, 0.717) is 0 Å². The van der Waals surface area contributed by atoms with Crippen molar-refractivity contribution in [1.82, 2.24) is 9.88 Å². The second kappa shape index (κ2) is 6.18. The molecule has 0 saturated carbocycles. The second-order valence-electron chi connectivity index (χ2n) is 5.84. The predicted molar refractivity (Wildman–Crippen MR) is 95.5 cm³/mol. The third-order valence-electron chi connectivity index (χ3n) is 4.00. The van der Waals surface area contributed by atoms with E-state index >= 15 is 0 Å². The third kappa shape index (κ3) is 3.02. The fraction of sp³-hybridized carbons (Fsp3) is 0.278. The molecule has 2 N–H and O–H groups in total. The predicted octanol–water partition coefficient (Wildman–Crippen LogP) is 3.38. The molecule has 1 aliphatic carbocycles. The van der Waals surface area contributed by atoms with Gasteiger partial charge >= 0.3 is 0 Å². The fourth-order valence-electron chi connectivity index (χ4n) is 2.60. The summed E-state index contributed by atoms with van der Waals surface area (Å²) >= 11 is 1.59. The number of hydrogen-bond acceptors (Lipinski definition) is 5. The minimum absolute atomic E-state index is 0.537. The molecule has 1 heterocycles. The molecule has 1 unspecified atom stereocenters. The molecular formula is C18H21N3OS. The lowest BCUT2D eigenvalue weighted by molar-refractivity contribution is 0.416. The molecule has 120 valence electrons. The van der Waals surface area contributed by atoms with Crippen LogP contribution in [-0.4, -0.2) is 31.1 Å². The lowest BCUT2D eigenvalue weighted by atomic mass is 9.92. The molecule has 0 amide bonds. The van der Waals surface area contributed by atoms with E-state index in [2.05, 4.69) is 17.1 Å². The highest BCUT2D eigenvalue weighted by Gasteiger charge is 2.29. The Balaban J connectivity index is 1.90. The summed E-state index contributed by atoms with van der Waals surface area (Å²) in [5.41, 5.74) is 9.10. The molecule has 2 aromatic rings. The first kappa shape index (κ1) is 15.8. The number of benzene rings is 1. The van der Waals surface area contributed by atoms with Crippen LogP contribution in [0.25, 0.3) is 11.3 Å². The van der Waals surface area contributed by atoms with E-state index in [1.807, 2.05) is 49.8 Å². The number of thiazole rings is 1. The van der Waals surface area contributed by atoms with Gasteiger partial charge in [0.2, 0.25) is 0 Å². The molecule has 0 radical (unpaired) electrons. The van der Waals surface area contributed by atoms with Gasteiger partial charge in [0.25, 0.3) is 0 Å². The van der Waals surface area contributed by atoms with Crippen molar-refractivity contribution in [1.29, 1.82) is 0 Å². The molecular weight excluding hydrogens is 306 g/mol. The van der Waals surface area contributed by atoms with E-state index in [9.17, 15) is 0 Å². The Labute approximate surface area is 140 Å². The first-order chi connectivity index (χ1) is 11.0. The maximum absolute atomic E-state index is 6.57. The van der Waals surface area contributed by atoms with E-state index in [1.165, 1.54) is 5.70 Å². The minimum atomic E-state index is -0.537. The molecule has 0 aliphatic heterocycles. The van der Waals surface area contributed by atoms with Crippen LogP contribution in [0.1, 0.15) is 11.4 Å². The van der Waals surface area contributed by atoms with Gasteiger partial charge in [0, 0.05) is 30.7 Å². The first-order valence-corrected chi connectivity index (χ1v) is 8.36. The summed E-state index contributed by atoms with van der Waals surface area (Å²) in [5, 5.41) is 2.96. The SMILES string of the molecule is COc1ccccc1-c1csc(C2(N)C=CC(N(C)C)=CC2)n1. The number of likely N-dealkylation sites (N-methyl/N-ethyl adjacent to an activating group) is 1. The Morgan fingerprint density at radius 2 is 2.09 bits per heavy atom. The van der Waals surface area contributed by atoms with Crippen molar-refractivity contribution in [2.45, 2.75) is 12.0 Å². The highest BCUT2D eigenvalue weighted by atomic mass is 32.1. The summed E-state index contributed by atoms with van der Waals surface area (Å²) in [6.07, 6.45) is 7.01. The molecule has 3 rings (SSSR count). The zero-order valence-corrected chi connectivity index (χ0v) is 14.4. The minimum Gasteiger partial charge on any atom is -0.496 e. The summed E-state index contributed by atoms with van der Waals surface area (Å²) in [5.74, 6) is 0.824. The molecule has 4 nitrogen and oxygen atoms in total. The van der Waals surface area contributed by atoms with Gasteiger partial charge in [0.05, 0.1) is 18.3 Å². The van der Waals surface area contributed by atoms with Gasteiger partial charge in [0.1, 0.15) is 10.8 Å². The van der Waals surface area contributed by atoms with Crippen molar-refractivity contribution in [3.63, 3.8) is 0 Å². The zero-order chi connectivity index (χ0) is 16.4. The van der Waals surface area contributed by atoms with Crippen molar-refractivity contribution in [2.75, 3.05) is 21.2 Å². The summed E-state index contributed by atoms with van der Waals surface area (Å²) in [7, 11) is 5.74. The molecule has 5 heteroatoms. The van der Waals surface area contributed by atoms with Gasteiger partial charge in [-0.3, -0.25) is 0 Å². The zero-order valence-electron chi connectivity index (χ0n) is 13.6. The largest absolute Gasteiger partial charge is 0.496 e. The van der Waals surface area contributed by atoms with Crippen LogP contribution >= 0.6 is 11.3 Å². The number of hydrogen-bond donors (Lipinski definition) is 1. The average molecular weight is 327 g/mol. The van der Waals surface area contributed by atoms with Gasteiger partial charge < -0.3 is 15.4 Å². The van der Waals surface area contributed by atoms with Crippen LogP contribution in [0.4, 0.5) is 0 Å². The third-order valence-corrected chi connectivity index (χ3v) is 5.04. The van der Waals surface area contributed by atoms with Gasteiger partial charge in [0.15, 0.2) is 0 Å². The number of aromatic nitrogens is 1. The summed E-state index contributed by atoms with van der Waals surface area (Å²) < 4.78 is 5.42. The number of para-hydroxylation sites is 1. The molecule has 1 aromatic carbocycles. The van der Waals surface area contributed by atoms with Crippen molar-refractivity contribution in [2.24, 2.45) is 5.73 Å². The standard InChI is InChI=1S/C18H21N3OS/c1-21(2)13-8-10-18(19,11-9-13)17-20-15(12-23-17)14-6-4-5-7-16(14)22-3/h4-10,12H,11,19H2,1-3H3. The number of rotatable bonds is 4. The Bertz CT molecular complexity index is 763. The highest BCUT2D eigenvalue weighted by Crippen LogP contribution is 2.36. The molecule has 23 heavy (non-hydrogen) atoms. The smallest absolute Gasteiger partial charge is 0.128 e. The van der Waals surface area contributed by atoms with Crippen LogP contribution in [0.2, 0.25) is 0 Å². The maximum atomic E-state index is 6.57. The van der Waals surface area contributed by atoms with Crippen LogP contribution in [0.15, 0.2) is 53.6 Å². The van der Waals surface area contributed by atoms with Crippen molar-refractivity contribution in [3.8, 4) is 17.0 Å². The Kier molecular flexibility index (Phi) is 4.24. The van der Waals surface area contributed by atoms with Gasteiger partial charge in [-0.25, -0.2) is 4.98 Å². The summed E-state index contributed by atoms with van der Waals surface area (Å²) in [6, 6.07) is 7.90. The molecule has 0 bridgehead atoms. The Morgan fingerprint density at radius 1 is 1.30 bits per heavy atom. The number of ether oxygens (including phenoxy) is 1. The van der Waals surface area contributed by atoms with E-state index in [4.69, 9.17) is 15.5 Å². The normalized spacial score (nSPS) is 20.3. The number of methoxy groups -OCH3 is 1. The molecule has 0 spiro atoms. The van der Waals surface area contributed by atoms with E-state index < -0.39 is 5.54 Å². The van der Waals surface area contributed by atoms with Crippen LogP contribution in [0.3, 0.4) is 0 Å². The van der Waals surface area contributed by atoms with Crippen LogP contribution in [-0.2, 0) is 5.54 Å². The van der Waals surface area contributed by atoms with Gasteiger partial charge in [-0.1, -0.05) is 24.3 Å². The molecule has 1 aliphatic rings. The lowest BCUT2D eigenvalue weighted by Crippen LogP contribution is -2.35. The summed E-state index contributed by atoms with van der Waals surface area (Å²) in [6.45, 7) is 0. The fourth-order valence-corrected chi connectivity index (χ4v) is 3.53. The van der Waals surface area contributed by atoms with Crippen LogP contribution in [0.5, 0.6) is 5.75 Å². The van der Waals surface area contributed by atoms with Gasteiger partial charge in [-0.2, -0.15) is 0 Å². The lowest BCUT2D eigenvalue weighted by Gasteiger charge is -2.27. The quantitative estimate of drug-likeness (QED) is 0.935. The van der Waals surface area contributed by atoms with E-state index in [0.717, 1.165) is 28.4 Å². The van der Waals surface area contributed by atoms with E-state index in [-0.39, 0.29) is 0 Å². The molecule has 0 fully saturated rings. The van der Waals surface area contributed by atoms with Crippen molar-refractivity contribution >= 4 is 11.3 Å². The number of nitrogens with zero attached hydrogens (tertiary/aromatic N) is 2. The number of nitrogens with two attached hydrogens (primary N) is 1. The monoisotopic (exact) mass is 327 g/mol. The second-order valence-corrected chi connectivity index (χ2v) is 6.70. The number of allylic oxidation sites excluding steroid dienone is 1. The van der Waals surface area contributed by atoms with Gasteiger partial charge in [-0.05, 0) is 24.6 Å². The van der Waals surface area contributed by atoms with Gasteiger partial charge in [-0.15, -0.1) is 11.3 Å². The molecule has 0 saturated heterocycles. The molecule has 1 aromatic heterocycles. The van der Waals surface area contributed by atoms with Crippen LogP contribution in [0, 0.1) is 0 Å². The molecule has 1 atom stereocenters. The highest BCUT2D eigenvalue weighted by molar-refractivity contribution is 7.10. The Morgan fingerprint density at radius 3 is 2.74 bits per heavy atom.